The lowest BCUT2D eigenvalue weighted by Gasteiger charge is -2.33. The lowest BCUT2D eigenvalue weighted by atomic mass is 9.72. The summed E-state index contributed by atoms with van der Waals surface area (Å²) in [5, 5.41) is 12.9. The Balaban J connectivity index is 1.66. The first kappa shape index (κ1) is 20.0. The van der Waals surface area contributed by atoms with Gasteiger partial charge < -0.3 is 10.1 Å². The first-order chi connectivity index (χ1) is 13.3. The zero-order valence-corrected chi connectivity index (χ0v) is 17.1. The smallest absolute Gasteiger partial charge is 0.357 e. The molecule has 2 heterocycles. The van der Waals surface area contributed by atoms with Gasteiger partial charge in [-0.15, -0.1) is 11.3 Å². The Hall–Kier alpha value is -2.72. The number of hydrogen-bond donors (Lipinski definition) is 1. The van der Waals surface area contributed by atoms with Crippen LogP contribution in [0.25, 0.3) is 0 Å². The van der Waals surface area contributed by atoms with Gasteiger partial charge in [0.15, 0.2) is 6.61 Å². The average molecular weight is 398 g/mol. The van der Waals surface area contributed by atoms with Crippen molar-refractivity contribution >= 4 is 28.2 Å². The van der Waals surface area contributed by atoms with E-state index in [1.807, 2.05) is 0 Å². The molecule has 0 aliphatic heterocycles. The van der Waals surface area contributed by atoms with Gasteiger partial charge in [-0.2, -0.15) is 5.26 Å². The van der Waals surface area contributed by atoms with Gasteiger partial charge in [0, 0.05) is 11.1 Å². The van der Waals surface area contributed by atoms with Crippen LogP contribution in [0.2, 0.25) is 0 Å². The van der Waals surface area contributed by atoms with Crippen LogP contribution >= 0.6 is 11.3 Å². The summed E-state index contributed by atoms with van der Waals surface area (Å²) in [7, 11) is 0. The van der Waals surface area contributed by atoms with Gasteiger partial charge in [0.2, 0.25) is 0 Å². The fourth-order valence-corrected chi connectivity index (χ4v) is 4.68. The Labute approximate surface area is 168 Å². The molecule has 0 bridgehead atoms. The number of esters is 1. The van der Waals surface area contributed by atoms with Crippen molar-refractivity contribution in [1.29, 1.82) is 5.26 Å². The lowest BCUT2D eigenvalue weighted by Crippen LogP contribution is -2.26. The highest BCUT2D eigenvalue weighted by molar-refractivity contribution is 7.16. The van der Waals surface area contributed by atoms with Crippen LogP contribution in [0.1, 0.15) is 53.7 Å². The molecule has 7 heteroatoms. The molecule has 0 saturated carbocycles. The predicted molar refractivity (Wildman–Crippen MR) is 107 cm³/mol. The van der Waals surface area contributed by atoms with E-state index < -0.39 is 18.5 Å². The Morgan fingerprint density at radius 1 is 1.39 bits per heavy atom. The Morgan fingerprint density at radius 2 is 2.18 bits per heavy atom. The van der Waals surface area contributed by atoms with Crippen LogP contribution in [0.3, 0.4) is 0 Å². The molecule has 6 nitrogen and oxygen atoms in total. The van der Waals surface area contributed by atoms with Gasteiger partial charge in [0.1, 0.15) is 16.8 Å². The molecule has 28 heavy (non-hydrogen) atoms. The summed E-state index contributed by atoms with van der Waals surface area (Å²) in [6, 6.07) is 7.11. The minimum Gasteiger partial charge on any atom is -0.451 e. The summed E-state index contributed by atoms with van der Waals surface area (Å²) < 4.78 is 5.01. The number of thiophene rings is 1. The van der Waals surface area contributed by atoms with Crippen LogP contribution in [-0.2, 0) is 22.4 Å². The second kappa shape index (κ2) is 8.11. The van der Waals surface area contributed by atoms with Gasteiger partial charge in [-0.05, 0) is 48.3 Å². The SMILES string of the molecule is CC(C)(C)C1CCc2c(sc(NC(=O)COC(=O)c3ccccn3)c2C#N)C1. The highest BCUT2D eigenvalue weighted by atomic mass is 32.1. The third kappa shape index (κ3) is 4.39. The van der Waals surface area contributed by atoms with Crippen LogP contribution < -0.4 is 5.32 Å². The maximum atomic E-state index is 12.2. The Kier molecular flexibility index (Phi) is 5.80. The molecule has 1 amide bonds. The summed E-state index contributed by atoms with van der Waals surface area (Å²) in [6.45, 7) is 6.29. The molecule has 146 valence electrons. The van der Waals surface area contributed by atoms with Crippen molar-refractivity contribution < 1.29 is 14.3 Å². The number of rotatable bonds is 4. The molecule has 2 aromatic rings. The molecule has 2 aromatic heterocycles. The van der Waals surface area contributed by atoms with E-state index >= 15 is 0 Å². The monoisotopic (exact) mass is 397 g/mol. The molecular weight excluding hydrogens is 374 g/mol. The second-order valence-corrected chi connectivity index (χ2v) is 9.07. The molecule has 1 N–H and O–H groups in total. The normalized spacial score (nSPS) is 16.0. The number of pyridine rings is 1. The molecule has 1 aliphatic rings. The summed E-state index contributed by atoms with van der Waals surface area (Å²) in [5.41, 5.74) is 1.94. The number of nitrogens with zero attached hydrogens (tertiary/aromatic N) is 2. The fraction of sp³-hybridized carbons (Fsp3) is 0.429. The fourth-order valence-electron chi connectivity index (χ4n) is 3.38. The van der Waals surface area contributed by atoms with Gasteiger partial charge in [-0.1, -0.05) is 26.8 Å². The number of nitrogens with one attached hydrogen (secondary N) is 1. The first-order valence-corrected chi connectivity index (χ1v) is 10.0. The van der Waals surface area contributed by atoms with E-state index in [0.29, 0.717) is 16.5 Å². The third-order valence-electron chi connectivity index (χ3n) is 5.06. The number of anilines is 1. The first-order valence-electron chi connectivity index (χ1n) is 9.22. The topological polar surface area (TPSA) is 92.1 Å². The maximum Gasteiger partial charge on any atom is 0.357 e. The van der Waals surface area contributed by atoms with E-state index in [1.165, 1.54) is 28.5 Å². The van der Waals surface area contributed by atoms with E-state index in [-0.39, 0.29) is 11.1 Å². The van der Waals surface area contributed by atoms with Crippen molar-refractivity contribution in [3.63, 3.8) is 0 Å². The quantitative estimate of drug-likeness (QED) is 0.789. The number of carbonyl (C=O) groups excluding carboxylic acids is 2. The zero-order chi connectivity index (χ0) is 20.3. The van der Waals surface area contributed by atoms with Crippen molar-refractivity contribution in [3.05, 3.63) is 46.1 Å². The number of ether oxygens (including phenoxy) is 1. The van der Waals surface area contributed by atoms with Crippen molar-refractivity contribution in [2.24, 2.45) is 11.3 Å². The van der Waals surface area contributed by atoms with Gasteiger partial charge in [0.05, 0.1) is 5.56 Å². The summed E-state index contributed by atoms with van der Waals surface area (Å²) in [6.07, 6.45) is 4.29. The number of nitriles is 1. The minimum absolute atomic E-state index is 0.146. The van der Waals surface area contributed by atoms with Crippen molar-refractivity contribution in [2.45, 2.75) is 40.0 Å². The van der Waals surface area contributed by atoms with Crippen LogP contribution in [0, 0.1) is 22.7 Å². The molecule has 0 saturated heterocycles. The lowest BCUT2D eigenvalue weighted by molar-refractivity contribution is -0.119. The molecule has 1 atom stereocenters. The number of hydrogen-bond acceptors (Lipinski definition) is 6. The number of carbonyl (C=O) groups is 2. The van der Waals surface area contributed by atoms with Gasteiger partial charge in [-0.25, -0.2) is 9.78 Å². The zero-order valence-electron chi connectivity index (χ0n) is 16.2. The van der Waals surface area contributed by atoms with E-state index in [1.54, 1.807) is 12.1 Å². The largest absolute Gasteiger partial charge is 0.451 e. The molecule has 1 aliphatic carbocycles. The van der Waals surface area contributed by atoms with Gasteiger partial charge in [0.25, 0.3) is 5.91 Å². The summed E-state index contributed by atoms with van der Waals surface area (Å²) >= 11 is 1.46. The minimum atomic E-state index is -0.658. The Morgan fingerprint density at radius 3 is 2.82 bits per heavy atom. The van der Waals surface area contributed by atoms with Gasteiger partial charge >= 0.3 is 5.97 Å². The van der Waals surface area contributed by atoms with E-state index in [9.17, 15) is 14.9 Å². The van der Waals surface area contributed by atoms with E-state index in [0.717, 1.165) is 24.8 Å². The van der Waals surface area contributed by atoms with Crippen molar-refractivity contribution in [2.75, 3.05) is 11.9 Å². The molecule has 0 spiro atoms. The van der Waals surface area contributed by atoms with Crippen LogP contribution in [-0.4, -0.2) is 23.5 Å². The Bertz CT molecular complexity index is 923. The van der Waals surface area contributed by atoms with E-state index in [4.69, 9.17) is 4.74 Å². The molecule has 0 aromatic carbocycles. The van der Waals surface area contributed by atoms with E-state index in [2.05, 4.69) is 37.1 Å². The molecule has 1 unspecified atom stereocenters. The predicted octanol–water partition coefficient (Wildman–Crippen LogP) is 3.96. The highest BCUT2D eigenvalue weighted by Gasteiger charge is 2.32. The van der Waals surface area contributed by atoms with Crippen LogP contribution in [0.4, 0.5) is 5.00 Å². The van der Waals surface area contributed by atoms with Gasteiger partial charge in [-0.3, -0.25) is 4.79 Å². The third-order valence-corrected chi connectivity index (χ3v) is 6.23. The highest BCUT2D eigenvalue weighted by Crippen LogP contribution is 2.43. The number of amides is 1. The second-order valence-electron chi connectivity index (χ2n) is 7.96. The van der Waals surface area contributed by atoms with Crippen LogP contribution in [0.15, 0.2) is 24.4 Å². The maximum absolute atomic E-state index is 12.2. The number of fused-ring (bicyclic) bond motifs is 1. The summed E-state index contributed by atoms with van der Waals surface area (Å²) in [5.74, 6) is -0.574. The molecule has 0 radical (unpaired) electrons. The van der Waals surface area contributed by atoms with Crippen molar-refractivity contribution in [1.82, 2.24) is 4.98 Å². The number of aromatic nitrogens is 1. The van der Waals surface area contributed by atoms with Crippen molar-refractivity contribution in [3.8, 4) is 6.07 Å². The average Bonchev–Trinajstić information content (AvgIpc) is 3.02. The molecule has 0 fully saturated rings. The summed E-state index contributed by atoms with van der Waals surface area (Å²) in [4.78, 5) is 29.2. The molecule has 3 rings (SSSR count). The molecular formula is C21H23N3O3S. The standard InChI is InChI=1S/C21H23N3O3S/c1-21(2,3)13-7-8-14-15(11-22)19(28-17(14)10-13)24-18(25)12-27-20(26)16-6-4-5-9-23-16/h4-6,9,13H,7-8,10,12H2,1-3H3,(H,24,25). The van der Waals surface area contributed by atoms with Crippen LogP contribution in [0.5, 0.6) is 0 Å².